The lowest BCUT2D eigenvalue weighted by Gasteiger charge is -2.07. The molecular weight excluding hydrogens is 276 g/mol. The molecule has 20 heavy (non-hydrogen) atoms. The summed E-state index contributed by atoms with van der Waals surface area (Å²) < 4.78 is 1.43. The maximum atomic E-state index is 9.88. The molecule has 0 radical (unpaired) electrons. The van der Waals surface area contributed by atoms with Crippen LogP contribution in [0.25, 0.3) is 5.65 Å². The second-order valence-electron chi connectivity index (χ2n) is 4.72. The maximum Gasteiger partial charge on any atom is 0.215 e. The van der Waals surface area contributed by atoms with Gasteiger partial charge >= 0.3 is 0 Å². The van der Waals surface area contributed by atoms with Crippen molar-refractivity contribution in [3.8, 4) is 5.88 Å². The molecule has 0 saturated heterocycles. The highest BCUT2D eigenvalue weighted by Gasteiger charge is 2.15. The Kier molecular flexibility index (Phi) is 3.06. The Labute approximate surface area is 120 Å². The summed E-state index contributed by atoms with van der Waals surface area (Å²) >= 11 is 5.84. The smallest absolute Gasteiger partial charge is 0.215 e. The fraction of sp³-hybridized carbons (Fsp3) is 0.214. The van der Waals surface area contributed by atoms with Gasteiger partial charge in [0.15, 0.2) is 5.65 Å². The number of pyridine rings is 1. The Morgan fingerprint density at radius 3 is 2.75 bits per heavy atom. The highest BCUT2D eigenvalue weighted by Crippen LogP contribution is 2.24. The number of nitrogens with zero attached hydrogens (tertiary/aromatic N) is 4. The molecule has 5 nitrogen and oxygen atoms in total. The van der Waals surface area contributed by atoms with Gasteiger partial charge in [0.1, 0.15) is 0 Å². The molecule has 3 aromatic heterocycles. The summed E-state index contributed by atoms with van der Waals surface area (Å²) in [6, 6.07) is 7.11. The Morgan fingerprint density at radius 2 is 2.05 bits per heavy atom. The average molecular weight is 289 g/mol. The highest BCUT2D eigenvalue weighted by atomic mass is 35.5. The minimum Gasteiger partial charge on any atom is -0.493 e. The minimum absolute atomic E-state index is 0.00586. The van der Waals surface area contributed by atoms with E-state index in [1.807, 2.05) is 26.0 Å². The molecule has 0 fully saturated rings. The number of hydrogen-bond acceptors (Lipinski definition) is 4. The second kappa shape index (κ2) is 4.76. The van der Waals surface area contributed by atoms with E-state index in [-0.39, 0.29) is 11.8 Å². The van der Waals surface area contributed by atoms with E-state index in [9.17, 15) is 5.11 Å². The van der Waals surface area contributed by atoms with E-state index in [2.05, 4.69) is 15.1 Å². The summed E-state index contributed by atoms with van der Waals surface area (Å²) in [5.41, 5.74) is 3.04. The SMILES string of the molecule is Cc1cc(O)n2nc(C(C)c3ccc(Cl)cn3)cc2n1. The maximum absolute atomic E-state index is 9.88. The summed E-state index contributed by atoms with van der Waals surface area (Å²) in [5.74, 6) is 0.0729. The van der Waals surface area contributed by atoms with Crippen LogP contribution in [0.2, 0.25) is 5.02 Å². The van der Waals surface area contributed by atoms with Crippen LogP contribution in [0.3, 0.4) is 0 Å². The third-order valence-corrected chi connectivity index (χ3v) is 3.42. The van der Waals surface area contributed by atoms with E-state index < -0.39 is 0 Å². The van der Waals surface area contributed by atoms with Crippen molar-refractivity contribution in [2.24, 2.45) is 0 Å². The molecule has 0 bridgehead atoms. The number of rotatable bonds is 2. The van der Waals surface area contributed by atoms with Crippen LogP contribution in [0.15, 0.2) is 30.5 Å². The molecule has 0 saturated carbocycles. The van der Waals surface area contributed by atoms with E-state index in [1.165, 1.54) is 4.52 Å². The standard InChI is InChI=1S/C14H13ClN4O/c1-8-5-14(20)19-13(17-8)6-12(18-19)9(2)11-4-3-10(15)7-16-11/h3-7,9,20H,1-2H3. The lowest BCUT2D eigenvalue weighted by molar-refractivity contribution is 0.433. The van der Waals surface area contributed by atoms with Crippen molar-refractivity contribution in [3.63, 3.8) is 0 Å². The van der Waals surface area contributed by atoms with Gasteiger partial charge in [-0.05, 0) is 19.1 Å². The average Bonchev–Trinajstić information content (AvgIpc) is 2.83. The van der Waals surface area contributed by atoms with Gasteiger partial charge in [-0.2, -0.15) is 9.61 Å². The summed E-state index contributed by atoms with van der Waals surface area (Å²) in [6.07, 6.45) is 1.61. The van der Waals surface area contributed by atoms with E-state index in [0.29, 0.717) is 10.7 Å². The third-order valence-electron chi connectivity index (χ3n) is 3.19. The Balaban J connectivity index is 2.05. The van der Waals surface area contributed by atoms with Crippen LogP contribution in [0.1, 0.15) is 29.9 Å². The van der Waals surface area contributed by atoms with Gasteiger partial charge in [-0.3, -0.25) is 4.98 Å². The van der Waals surface area contributed by atoms with Crippen molar-refractivity contribution >= 4 is 17.2 Å². The number of hydrogen-bond donors (Lipinski definition) is 1. The monoisotopic (exact) mass is 288 g/mol. The molecule has 0 aliphatic rings. The molecule has 102 valence electrons. The van der Waals surface area contributed by atoms with Crippen LogP contribution < -0.4 is 0 Å². The van der Waals surface area contributed by atoms with Crippen LogP contribution >= 0.6 is 11.6 Å². The molecule has 1 atom stereocenters. The first-order chi connectivity index (χ1) is 9.54. The predicted octanol–water partition coefficient (Wildman–Crippen LogP) is 2.94. The van der Waals surface area contributed by atoms with E-state index in [4.69, 9.17) is 11.6 Å². The molecule has 1 unspecified atom stereocenters. The van der Waals surface area contributed by atoms with Gasteiger partial charge in [-0.1, -0.05) is 18.5 Å². The zero-order chi connectivity index (χ0) is 14.3. The summed E-state index contributed by atoms with van der Waals surface area (Å²) in [5, 5.41) is 14.9. The zero-order valence-corrected chi connectivity index (χ0v) is 11.8. The Hall–Kier alpha value is -2.14. The zero-order valence-electron chi connectivity index (χ0n) is 11.1. The molecule has 0 amide bonds. The van der Waals surface area contributed by atoms with Crippen LogP contribution in [-0.2, 0) is 0 Å². The van der Waals surface area contributed by atoms with Gasteiger partial charge in [0.05, 0.1) is 10.7 Å². The molecule has 0 aliphatic heterocycles. The molecule has 0 aromatic carbocycles. The topological polar surface area (TPSA) is 63.3 Å². The van der Waals surface area contributed by atoms with E-state index >= 15 is 0 Å². The molecule has 3 aromatic rings. The van der Waals surface area contributed by atoms with Crippen molar-refractivity contribution in [1.82, 2.24) is 19.6 Å². The normalized spacial score (nSPS) is 12.8. The first-order valence-electron chi connectivity index (χ1n) is 6.22. The van der Waals surface area contributed by atoms with E-state index in [0.717, 1.165) is 17.1 Å². The Bertz CT molecular complexity index is 767. The number of aromatic hydroxyl groups is 1. The van der Waals surface area contributed by atoms with Crippen LogP contribution in [0.4, 0.5) is 0 Å². The molecular formula is C14H13ClN4O. The second-order valence-corrected chi connectivity index (χ2v) is 5.15. The van der Waals surface area contributed by atoms with Gasteiger partial charge in [-0.25, -0.2) is 4.98 Å². The van der Waals surface area contributed by atoms with Crippen molar-refractivity contribution in [3.05, 3.63) is 52.6 Å². The highest BCUT2D eigenvalue weighted by molar-refractivity contribution is 6.30. The van der Waals surface area contributed by atoms with Crippen molar-refractivity contribution in [2.75, 3.05) is 0 Å². The fourth-order valence-corrected chi connectivity index (χ4v) is 2.22. The molecule has 3 rings (SSSR count). The Morgan fingerprint density at radius 1 is 1.25 bits per heavy atom. The number of fused-ring (bicyclic) bond motifs is 1. The van der Waals surface area contributed by atoms with Crippen molar-refractivity contribution < 1.29 is 5.11 Å². The molecule has 0 spiro atoms. The van der Waals surface area contributed by atoms with Gasteiger partial charge < -0.3 is 5.11 Å². The van der Waals surface area contributed by atoms with Gasteiger partial charge in [-0.15, -0.1) is 0 Å². The van der Waals surface area contributed by atoms with Crippen molar-refractivity contribution in [1.29, 1.82) is 0 Å². The van der Waals surface area contributed by atoms with Crippen LogP contribution in [0.5, 0.6) is 5.88 Å². The lowest BCUT2D eigenvalue weighted by Crippen LogP contribution is -2.00. The summed E-state index contributed by atoms with van der Waals surface area (Å²) in [4.78, 5) is 8.65. The van der Waals surface area contributed by atoms with Gasteiger partial charge in [0.2, 0.25) is 5.88 Å². The van der Waals surface area contributed by atoms with Gasteiger partial charge in [0.25, 0.3) is 0 Å². The van der Waals surface area contributed by atoms with Crippen LogP contribution in [-0.4, -0.2) is 24.7 Å². The minimum atomic E-state index is -0.00586. The molecule has 1 N–H and O–H groups in total. The van der Waals surface area contributed by atoms with Crippen LogP contribution in [0, 0.1) is 6.92 Å². The molecule has 3 heterocycles. The van der Waals surface area contributed by atoms with Crippen molar-refractivity contribution in [2.45, 2.75) is 19.8 Å². The van der Waals surface area contributed by atoms with Gasteiger partial charge in [0, 0.05) is 35.6 Å². The lowest BCUT2D eigenvalue weighted by atomic mass is 10.0. The van der Waals surface area contributed by atoms with E-state index in [1.54, 1.807) is 18.3 Å². The largest absolute Gasteiger partial charge is 0.493 e. The summed E-state index contributed by atoms with van der Waals surface area (Å²) in [7, 11) is 0. The fourth-order valence-electron chi connectivity index (χ4n) is 2.10. The number of halogens is 1. The number of aryl methyl sites for hydroxylation is 1. The first-order valence-corrected chi connectivity index (χ1v) is 6.60. The summed E-state index contributed by atoms with van der Waals surface area (Å²) in [6.45, 7) is 3.83. The first kappa shape index (κ1) is 12.9. The third kappa shape index (κ3) is 2.20. The number of aromatic nitrogens is 4. The molecule has 6 heteroatoms. The predicted molar refractivity (Wildman–Crippen MR) is 76.2 cm³/mol. The quantitative estimate of drug-likeness (QED) is 0.787. The molecule has 0 aliphatic carbocycles.